The van der Waals surface area contributed by atoms with Gasteiger partial charge in [-0.2, -0.15) is 0 Å². The van der Waals surface area contributed by atoms with E-state index in [-0.39, 0.29) is 18.9 Å². The molecule has 156 valence electrons. The van der Waals surface area contributed by atoms with E-state index >= 15 is 0 Å². The molecule has 0 aliphatic heterocycles. The molecule has 7 nitrogen and oxygen atoms in total. The normalized spacial score (nSPS) is 11.0. The first-order valence-corrected chi connectivity index (χ1v) is 11.0. The lowest BCUT2D eigenvalue weighted by molar-refractivity contribution is -0.116. The average molecular weight is 419 g/mol. The van der Waals surface area contributed by atoms with E-state index in [1.165, 1.54) is 17.5 Å². The van der Waals surface area contributed by atoms with Gasteiger partial charge in [0.2, 0.25) is 15.9 Å². The molecule has 0 unspecified atom stereocenters. The fourth-order valence-corrected chi connectivity index (χ4v) is 3.94. The number of aryl methyl sites for hydroxylation is 1. The van der Waals surface area contributed by atoms with Crippen molar-refractivity contribution >= 4 is 33.3 Å². The van der Waals surface area contributed by atoms with Gasteiger partial charge in [0.1, 0.15) is 0 Å². The molecule has 0 heterocycles. The SMILES string of the molecule is COC(=O)c1cccc(NC(=O)CCCN(c2cccc(C)c2C)S(C)(=O)=O)c1. The summed E-state index contributed by atoms with van der Waals surface area (Å²) >= 11 is 0. The number of amides is 1. The summed E-state index contributed by atoms with van der Waals surface area (Å²) in [7, 11) is -2.19. The van der Waals surface area contributed by atoms with Gasteiger partial charge in [0.15, 0.2) is 0 Å². The Labute approximate surface area is 171 Å². The van der Waals surface area contributed by atoms with Crippen LogP contribution in [0.1, 0.15) is 34.3 Å². The van der Waals surface area contributed by atoms with E-state index in [9.17, 15) is 18.0 Å². The molecule has 2 aromatic carbocycles. The predicted octanol–water partition coefficient (Wildman–Crippen LogP) is 3.27. The van der Waals surface area contributed by atoms with Crippen LogP contribution in [0.25, 0.3) is 0 Å². The minimum atomic E-state index is -3.48. The van der Waals surface area contributed by atoms with E-state index in [0.717, 1.165) is 17.4 Å². The van der Waals surface area contributed by atoms with Crippen LogP contribution >= 0.6 is 0 Å². The first-order chi connectivity index (χ1) is 13.6. The monoisotopic (exact) mass is 418 g/mol. The Morgan fingerprint density at radius 1 is 1.10 bits per heavy atom. The molecular weight excluding hydrogens is 392 g/mol. The summed E-state index contributed by atoms with van der Waals surface area (Å²) in [5, 5.41) is 2.72. The highest BCUT2D eigenvalue weighted by Crippen LogP contribution is 2.25. The molecule has 0 saturated carbocycles. The lowest BCUT2D eigenvalue weighted by Crippen LogP contribution is -2.32. The standard InChI is InChI=1S/C21H26N2O5S/c1-15-8-5-11-19(16(15)2)23(29(4,26)27)13-7-12-20(24)22-18-10-6-9-17(14-18)21(25)28-3/h5-6,8-11,14H,7,12-13H2,1-4H3,(H,22,24). The van der Waals surface area contributed by atoms with Gasteiger partial charge in [-0.15, -0.1) is 0 Å². The summed E-state index contributed by atoms with van der Waals surface area (Å²) in [6.45, 7) is 4.00. The minimum absolute atomic E-state index is 0.138. The summed E-state index contributed by atoms with van der Waals surface area (Å²) in [4.78, 5) is 23.8. The third kappa shape index (κ3) is 6.05. The molecule has 8 heteroatoms. The van der Waals surface area contributed by atoms with Crippen molar-refractivity contribution in [1.82, 2.24) is 0 Å². The summed E-state index contributed by atoms with van der Waals surface area (Å²) in [5.74, 6) is -0.750. The van der Waals surface area contributed by atoms with Gasteiger partial charge in [-0.3, -0.25) is 9.10 Å². The molecule has 1 amide bonds. The minimum Gasteiger partial charge on any atom is -0.465 e. The van der Waals surface area contributed by atoms with E-state index in [1.807, 2.05) is 26.0 Å². The highest BCUT2D eigenvalue weighted by atomic mass is 32.2. The van der Waals surface area contributed by atoms with Gasteiger partial charge in [0.05, 0.1) is 24.6 Å². The Balaban J connectivity index is 2.02. The molecule has 0 saturated heterocycles. The highest BCUT2D eigenvalue weighted by molar-refractivity contribution is 7.92. The molecule has 2 rings (SSSR count). The van der Waals surface area contributed by atoms with E-state index < -0.39 is 16.0 Å². The second-order valence-corrected chi connectivity index (χ2v) is 8.69. The van der Waals surface area contributed by atoms with Crippen LogP contribution in [0.2, 0.25) is 0 Å². The number of nitrogens with one attached hydrogen (secondary N) is 1. The van der Waals surface area contributed by atoms with Gasteiger partial charge in [0, 0.05) is 18.7 Å². The number of methoxy groups -OCH3 is 1. The van der Waals surface area contributed by atoms with Gasteiger partial charge in [-0.25, -0.2) is 13.2 Å². The molecule has 0 atom stereocenters. The Hall–Kier alpha value is -2.87. The van der Waals surface area contributed by atoms with Crippen LogP contribution in [0, 0.1) is 13.8 Å². The van der Waals surface area contributed by atoms with Crippen LogP contribution in [0.3, 0.4) is 0 Å². The summed E-state index contributed by atoms with van der Waals surface area (Å²) in [5.41, 5.74) is 3.33. The topological polar surface area (TPSA) is 92.8 Å². The van der Waals surface area contributed by atoms with Crippen molar-refractivity contribution in [2.24, 2.45) is 0 Å². The average Bonchev–Trinajstić information content (AvgIpc) is 2.66. The van der Waals surface area contributed by atoms with Gasteiger partial charge in [0.25, 0.3) is 0 Å². The van der Waals surface area contributed by atoms with E-state index in [2.05, 4.69) is 10.1 Å². The van der Waals surface area contributed by atoms with Crippen LogP contribution in [-0.2, 0) is 19.6 Å². The predicted molar refractivity (Wildman–Crippen MR) is 114 cm³/mol. The Kier molecular flexibility index (Phi) is 7.39. The zero-order valence-corrected chi connectivity index (χ0v) is 17.9. The van der Waals surface area contributed by atoms with Crippen molar-refractivity contribution < 1.29 is 22.7 Å². The van der Waals surface area contributed by atoms with Crippen molar-refractivity contribution in [1.29, 1.82) is 0 Å². The molecule has 0 radical (unpaired) electrons. The van der Waals surface area contributed by atoms with Crippen molar-refractivity contribution in [2.45, 2.75) is 26.7 Å². The maximum Gasteiger partial charge on any atom is 0.337 e. The molecular formula is C21H26N2O5S. The number of sulfonamides is 1. The molecule has 1 N–H and O–H groups in total. The van der Waals surface area contributed by atoms with Gasteiger partial charge in [-0.05, 0) is 55.7 Å². The maximum atomic E-state index is 12.3. The van der Waals surface area contributed by atoms with Crippen LogP contribution in [0.5, 0.6) is 0 Å². The molecule has 0 aromatic heterocycles. The summed E-state index contributed by atoms with van der Waals surface area (Å²) in [6.07, 6.45) is 1.65. The van der Waals surface area contributed by atoms with Gasteiger partial charge in [-0.1, -0.05) is 18.2 Å². The van der Waals surface area contributed by atoms with Gasteiger partial charge >= 0.3 is 5.97 Å². The van der Waals surface area contributed by atoms with Crippen molar-refractivity contribution in [3.63, 3.8) is 0 Å². The van der Waals surface area contributed by atoms with E-state index in [0.29, 0.717) is 23.4 Å². The Morgan fingerprint density at radius 3 is 2.45 bits per heavy atom. The number of benzene rings is 2. The number of carbonyl (C=O) groups is 2. The third-order valence-corrected chi connectivity index (χ3v) is 5.76. The number of carbonyl (C=O) groups excluding carboxylic acids is 2. The van der Waals surface area contributed by atoms with E-state index in [1.54, 1.807) is 24.3 Å². The largest absolute Gasteiger partial charge is 0.465 e. The summed E-state index contributed by atoms with van der Waals surface area (Å²) < 4.78 is 30.5. The lowest BCUT2D eigenvalue weighted by Gasteiger charge is -2.24. The van der Waals surface area contributed by atoms with Crippen molar-refractivity contribution in [3.05, 3.63) is 59.2 Å². The van der Waals surface area contributed by atoms with Crippen molar-refractivity contribution in [3.8, 4) is 0 Å². The fourth-order valence-electron chi connectivity index (χ4n) is 2.92. The Bertz CT molecular complexity index is 1000. The zero-order valence-electron chi connectivity index (χ0n) is 17.1. The van der Waals surface area contributed by atoms with Crippen LogP contribution in [0.4, 0.5) is 11.4 Å². The quantitative estimate of drug-likeness (QED) is 0.664. The highest BCUT2D eigenvalue weighted by Gasteiger charge is 2.20. The number of nitrogens with zero attached hydrogens (tertiary/aromatic N) is 1. The molecule has 0 bridgehead atoms. The third-order valence-electron chi connectivity index (χ3n) is 4.58. The van der Waals surface area contributed by atoms with Crippen LogP contribution < -0.4 is 9.62 Å². The molecule has 2 aromatic rings. The van der Waals surface area contributed by atoms with Crippen LogP contribution in [-0.4, -0.2) is 40.2 Å². The molecule has 0 aliphatic rings. The van der Waals surface area contributed by atoms with Crippen molar-refractivity contribution in [2.75, 3.05) is 29.5 Å². The molecule has 0 spiro atoms. The Morgan fingerprint density at radius 2 is 1.79 bits per heavy atom. The number of rotatable bonds is 8. The number of hydrogen-bond acceptors (Lipinski definition) is 5. The molecule has 0 aliphatic carbocycles. The number of esters is 1. The second-order valence-electron chi connectivity index (χ2n) is 6.78. The first-order valence-electron chi connectivity index (χ1n) is 9.15. The maximum absolute atomic E-state index is 12.3. The van der Waals surface area contributed by atoms with Gasteiger partial charge < -0.3 is 10.1 Å². The molecule has 29 heavy (non-hydrogen) atoms. The fraction of sp³-hybridized carbons (Fsp3) is 0.333. The number of anilines is 2. The lowest BCUT2D eigenvalue weighted by atomic mass is 10.1. The van der Waals surface area contributed by atoms with Crippen LogP contribution in [0.15, 0.2) is 42.5 Å². The first kappa shape index (κ1) is 22.4. The molecule has 0 fully saturated rings. The second kappa shape index (κ2) is 9.56. The number of hydrogen-bond donors (Lipinski definition) is 1. The summed E-state index contributed by atoms with van der Waals surface area (Å²) in [6, 6.07) is 11.9. The number of ether oxygens (including phenoxy) is 1. The zero-order chi connectivity index (χ0) is 21.6. The van der Waals surface area contributed by atoms with E-state index in [4.69, 9.17) is 0 Å². The smallest absolute Gasteiger partial charge is 0.337 e.